The molecule has 16 heteroatoms. The van der Waals surface area contributed by atoms with Crippen molar-refractivity contribution < 1.29 is 57.2 Å². The topological polar surface area (TPSA) is 205 Å². The molecule has 6 rings (SSSR count). The van der Waals surface area contributed by atoms with Gasteiger partial charge in [-0.25, -0.2) is 9.59 Å². The summed E-state index contributed by atoms with van der Waals surface area (Å²) >= 11 is 2.41. The molecule has 0 unspecified atom stereocenters. The third-order valence-electron chi connectivity index (χ3n) is 16.3. The van der Waals surface area contributed by atoms with Crippen molar-refractivity contribution in [3.63, 3.8) is 0 Å². The van der Waals surface area contributed by atoms with Gasteiger partial charge in [-0.15, -0.1) is 0 Å². The highest BCUT2D eigenvalue weighted by Crippen LogP contribution is 2.61. The van der Waals surface area contributed by atoms with Gasteiger partial charge in [-0.3, -0.25) is 19.2 Å². The van der Waals surface area contributed by atoms with Gasteiger partial charge in [0.05, 0.1) is 64.1 Å². The zero-order valence-corrected chi connectivity index (χ0v) is 46.8. The Kier molecular flexibility index (Phi) is 23.9. The number of ether oxygens (including phenoxy) is 6. The second-order valence-electron chi connectivity index (χ2n) is 22.4. The van der Waals surface area contributed by atoms with E-state index >= 15 is 0 Å². The van der Waals surface area contributed by atoms with Crippen molar-refractivity contribution in [1.29, 1.82) is 10.5 Å². The van der Waals surface area contributed by atoms with Crippen LogP contribution in [0.3, 0.4) is 0 Å². The number of carbonyl (C=O) groups excluding carboxylic acids is 6. The molecule has 4 aliphatic carbocycles. The average Bonchev–Trinajstić information content (AvgIpc) is 3.91. The molecule has 76 heavy (non-hydrogen) atoms. The SMILES string of the molecule is C=CC(=O)OCCCCCCOC(=O)C1CCC(C2CCC(C(=O)Oc3cc(C(C)(C)C)c(OC(=O)C4CCC(C5CCC(C(=O)OCCCCCCOC(=O)C=C)CC5)CC4)c4c3SC(=C(C#N)C#N)S4)CC2)CC1. The lowest BCUT2D eigenvalue weighted by atomic mass is 9.69. The Balaban J connectivity index is 0.972. The fraction of sp³-hybridized carbons (Fsp3) is 0.667. The van der Waals surface area contributed by atoms with Gasteiger partial charge in [0, 0.05) is 17.7 Å². The van der Waals surface area contributed by atoms with Crippen LogP contribution < -0.4 is 9.47 Å². The summed E-state index contributed by atoms with van der Waals surface area (Å²) in [6, 6.07) is 5.83. The van der Waals surface area contributed by atoms with Crippen LogP contribution in [0.5, 0.6) is 11.5 Å². The number of allylic oxidation sites excluding steroid dienone is 1. The molecular weight excluding hydrogens is 1000 g/mol. The normalized spacial score (nSPS) is 24.3. The fourth-order valence-corrected chi connectivity index (χ4v) is 14.3. The third kappa shape index (κ3) is 17.5. The van der Waals surface area contributed by atoms with Crippen LogP contribution in [0.2, 0.25) is 0 Å². The van der Waals surface area contributed by atoms with Gasteiger partial charge in [0.25, 0.3) is 0 Å². The zero-order valence-electron chi connectivity index (χ0n) is 45.2. The molecule has 1 aromatic carbocycles. The Morgan fingerprint density at radius 1 is 0.513 bits per heavy atom. The lowest BCUT2D eigenvalue weighted by Crippen LogP contribution is -2.32. The van der Waals surface area contributed by atoms with Crippen LogP contribution in [0, 0.1) is 70.0 Å². The summed E-state index contributed by atoms with van der Waals surface area (Å²) < 4.78 is 34.5. The number of nitrogens with zero attached hydrogens (tertiary/aromatic N) is 2. The molecule has 1 heterocycles. The van der Waals surface area contributed by atoms with E-state index in [4.69, 9.17) is 28.4 Å². The van der Waals surface area contributed by atoms with Crippen LogP contribution in [-0.4, -0.2) is 62.2 Å². The minimum Gasteiger partial charge on any atom is -0.465 e. The van der Waals surface area contributed by atoms with Gasteiger partial charge < -0.3 is 28.4 Å². The maximum atomic E-state index is 14.2. The van der Waals surface area contributed by atoms with Crippen molar-refractivity contribution in [2.24, 2.45) is 47.3 Å². The molecule has 0 N–H and O–H groups in total. The molecule has 0 spiro atoms. The largest absolute Gasteiger partial charge is 0.465 e. The van der Waals surface area contributed by atoms with Gasteiger partial charge in [-0.2, -0.15) is 10.5 Å². The van der Waals surface area contributed by atoms with Crippen LogP contribution in [0.1, 0.15) is 180 Å². The van der Waals surface area contributed by atoms with Crippen molar-refractivity contribution >= 4 is 59.3 Å². The summed E-state index contributed by atoms with van der Waals surface area (Å²) in [5, 5.41) is 19.8. The molecule has 0 atom stereocenters. The summed E-state index contributed by atoms with van der Waals surface area (Å²) in [5.74, 6) is 0.265. The molecule has 414 valence electrons. The van der Waals surface area contributed by atoms with Gasteiger partial charge in [0.15, 0.2) is 0 Å². The molecule has 0 aromatic heterocycles. The van der Waals surface area contributed by atoms with Gasteiger partial charge in [-0.05, 0) is 189 Å². The number of thioether (sulfide) groups is 2. The highest BCUT2D eigenvalue weighted by Gasteiger charge is 2.41. The first-order valence-corrected chi connectivity index (χ1v) is 29.7. The number of nitriles is 2. The number of unbranched alkanes of at least 4 members (excludes halogenated alkanes) is 6. The Morgan fingerprint density at radius 2 is 0.855 bits per heavy atom. The Hall–Kier alpha value is -5.06. The smallest absolute Gasteiger partial charge is 0.330 e. The van der Waals surface area contributed by atoms with E-state index in [-0.39, 0.29) is 53.1 Å². The van der Waals surface area contributed by atoms with E-state index in [0.717, 1.165) is 141 Å². The lowest BCUT2D eigenvalue weighted by Gasteiger charge is -2.37. The Bertz CT molecular complexity index is 2310. The highest BCUT2D eigenvalue weighted by molar-refractivity contribution is 8.24. The van der Waals surface area contributed by atoms with Crippen molar-refractivity contribution in [1.82, 2.24) is 0 Å². The van der Waals surface area contributed by atoms with Gasteiger partial charge >= 0.3 is 35.8 Å². The van der Waals surface area contributed by atoms with Crippen LogP contribution in [0.4, 0.5) is 0 Å². The van der Waals surface area contributed by atoms with E-state index in [2.05, 4.69) is 13.2 Å². The monoisotopic (exact) mass is 1080 g/mol. The van der Waals surface area contributed by atoms with E-state index < -0.39 is 17.4 Å². The Labute approximate surface area is 459 Å². The molecule has 14 nitrogen and oxygen atoms in total. The van der Waals surface area contributed by atoms with Crippen LogP contribution >= 0.6 is 23.5 Å². The molecule has 1 aliphatic heterocycles. The minimum absolute atomic E-state index is 0.0607. The Morgan fingerprint density at radius 3 is 1.21 bits per heavy atom. The first-order chi connectivity index (χ1) is 36.6. The number of carbonyl (C=O) groups is 6. The zero-order chi connectivity index (χ0) is 54.6. The number of hydrogen-bond acceptors (Lipinski definition) is 16. The fourth-order valence-electron chi connectivity index (χ4n) is 11.8. The molecule has 0 amide bonds. The predicted molar refractivity (Wildman–Crippen MR) is 289 cm³/mol. The molecule has 4 saturated carbocycles. The van der Waals surface area contributed by atoms with Crippen LogP contribution in [0.15, 0.2) is 51.0 Å². The second kappa shape index (κ2) is 30.2. The van der Waals surface area contributed by atoms with Gasteiger partial charge in [-0.1, -0.05) is 57.5 Å². The molecule has 5 aliphatic rings. The quantitative estimate of drug-likeness (QED) is 0.0236. The molecule has 0 radical (unpaired) electrons. The predicted octanol–water partition coefficient (Wildman–Crippen LogP) is 13.1. The van der Waals surface area contributed by atoms with Gasteiger partial charge in [0.1, 0.15) is 29.2 Å². The van der Waals surface area contributed by atoms with Crippen molar-refractivity contribution in [3.05, 3.63) is 46.8 Å². The molecule has 4 fully saturated rings. The van der Waals surface area contributed by atoms with E-state index in [1.165, 1.54) is 23.5 Å². The maximum Gasteiger partial charge on any atom is 0.330 e. The number of rotatable bonds is 24. The summed E-state index contributed by atoms with van der Waals surface area (Å²) in [6.07, 6.45) is 22.5. The standard InChI is InChI=1S/C60H80N2O12S2/c1-6-50(63)69-32-12-8-10-14-34-71-55(65)43-24-16-39(17-25-43)41-20-28-45(29-21-41)57(67)73-49-36-48(60(3,4)5)52(54-53(49)75-59(76-54)47(37-61)38-62)74-58(68)46-30-22-42(23-31-46)40-18-26-44(27-19-40)56(66)72-35-15-11-9-13-33-70-51(64)7-2/h6-7,36,39-46H,1-2,8-35H2,3-5H3. The first kappa shape index (κ1) is 60.2. The van der Waals surface area contributed by atoms with Gasteiger partial charge in [0.2, 0.25) is 0 Å². The summed E-state index contributed by atoms with van der Waals surface area (Å²) in [5.41, 5.74) is 0.0992. The van der Waals surface area contributed by atoms with E-state index in [0.29, 0.717) is 107 Å². The van der Waals surface area contributed by atoms with Crippen molar-refractivity contribution in [2.75, 3.05) is 26.4 Å². The average molecular weight is 1090 g/mol. The van der Waals surface area contributed by atoms with E-state index in [1.807, 2.05) is 39.0 Å². The van der Waals surface area contributed by atoms with Crippen LogP contribution in [-0.2, 0) is 53.1 Å². The number of esters is 6. The number of benzene rings is 1. The molecule has 1 aromatic rings. The maximum absolute atomic E-state index is 14.2. The molecule has 0 saturated heterocycles. The first-order valence-electron chi connectivity index (χ1n) is 28.1. The lowest BCUT2D eigenvalue weighted by molar-refractivity contribution is -0.151. The van der Waals surface area contributed by atoms with E-state index in [1.54, 1.807) is 0 Å². The summed E-state index contributed by atoms with van der Waals surface area (Å²) in [6.45, 7) is 14.4. The third-order valence-corrected chi connectivity index (χ3v) is 18.9. The summed E-state index contributed by atoms with van der Waals surface area (Å²) in [7, 11) is 0. The molecular formula is C60H80N2O12S2. The molecule has 0 bridgehead atoms. The van der Waals surface area contributed by atoms with Crippen LogP contribution in [0.25, 0.3) is 0 Å². The van der Waals surface area contributed by atoms with E-state index in [9.17, 15) is 39.3 Å². The second-order valence-corrected chi connectivity index (χ2v) is 24.7. The van der Waals surface area contributed by atoms with Crippen molar-refractivity contribution in [2.45, 2.75) is 190 Å². The summed E-state index contributed by atoms with van der Waals surface area (Å²) in [4.78, 5) is 77.5. The highest BCUT2D eigenvalue weighted by atomic mass is 32.2. The number of hydrogen-bond donors (Lipinski definition) is 0. The van der Waals surface area contributed by atoms with Crippen molar-refractivity contribution in [3.8, 4) is 23.6 Å². The minimum atomic E-state index is -0.538. The number of fused-ring (bicyclic) bond motifs is 1.